The lowest BCUT2D eigenvalue weighted by atomic mass is 9.86. The van der Waals surface area contributed by atoms with Crippen molar-refractivity contribution in [2.45, 2.75) is 26.8 Å². The van der Waals surface area contributed by atoms with Gasteiger partial charge in [-0.2, -0.15) is 0 Å². The van der Waals surface area contributed by atoms with Crippen molar-refractivity contribution < 1.29 is 17.9 Å². The number of rotatable bonds is 5. The van der Waals surface area contributed by atoms with E-state index in [-0.39, 0.29) is 0 Å². The van der Waals surface area contributed by atoms with Gasteiger partial charge in [-0.25, -0.2) is 13.2 Å². The molecule has 8 heteroatoms. The lowest BCUT2D eigenvalue weighted by Gasteiger charge is -2.30. The van der Waals surface area contributed by atoms with Crippen molar-refractivity contribution in [2.24, 2.45) is 5.41 Å². The third kappa shape index (κ3) is 4.92. The number of carbonyl (C=O) groups excluding carboxylic acids is 1. The van der Waals surface area contributed by atoms with Gasteiger partial charge >= 0.3 is 5.97 Å². The maximum Gasteiger partial charge on any atom is 0.335 e. The molecule has 1 aromatic heterocycles. The van der Waals surface area contributed by atoms with E-state index in [2.05, 4.69) is 4.72 Å². The maximum absolute atomic E-state index is 13.1. The molecular weight excluding hydrogens is 412 g/mol. The molecule has 154 valence electrons. The molecule has 0 bridgehead atoms. The topological polar surface area (TPSA) is 77.4 Å². The van der Waals surface area contributed by atoms with Gasteiger partial charge in [0.25, 0.3) is 0 Å². The summed E-state index contributed by atoms with van der Waals surface area (Å²) >= 11 is 5.90. The van der Waals surface area contributed by atoms with Crippen molar-refractivity contribution in [3.63, 3.8) is 0 Å². The van der Waals surface area contributed by atoms with Crippen molar-refractivity contribution in [3.05, 3.63) is 59.8 Å². The Kier molecular flexibility index (Phi) is 5.65. The molecule has 0 amide bonds. The van der Waals surface area contributed by atoms with Crippen molar-refractivity contribution >= 4 is 44.2 Å². The highest BCUT2D eigenvalue weighted by molar-refractivity contribution is 7.92. The van der Waals surface area contributed by atoms with E-state index in [0.29, 0.717) is 21.8 Å². The summed E-state index contributed by atoms with van der Waals surface area (Å²) in [5.74, 6) is -0.0108. The van der Waals surface area contributed by atoms with Gasteiger partial charge in [0.2, 0.25) is 10.0 Å². The minimum absolute atomic E-state index is 0.407. The van der Waals surface area contributed by atoms with Crippen LogP contribution in [-0.2, 0) is 14.8 Å². The number of esters is 1. The van der Waals surface area contributed by atoms with Crippen LogP contribution < -0.4 is 9.46 Å². The molecule has 2 aromatic carbocycles. The van der Waals surface area contributed by atoms with Crippen LogP contribution in [0.15, 0.2) is 54.7 Å². The molecule has 1 atom stereocenters. The Morgan fingerprint density at radius 1 is 1.10 bits per heavy atom. The van der Waals surface area contributed by atoms with Crippen molar-refractivity contribution in [3.8, 4) is 5.75 Å². The Balaban J connectivity index is 2.03. The Hall–Kier alpha value is -2.51. The number of halogens is 1. The molecule has 0 saturated carbocycles. The van der Waals surface area contributed by atoms with Crippen molar-refractivity contribution in [1.82, 2.24) is 4.57 Å². The number of fused-ring (bicyclic) bond motifs is 1. The van der Waals surface area contributed by atoms with Gasteiger partial charge in [-0.15, -0.1) is 0 Å². The van der Waals surface area contributed by atoms with Crippen molar-refractivity contribution in [2.75, 3.05) is 11.0 Å². The number of benzene rings is 2. The molecule has 0 aliphatic heterocycles. The van der Waals surface area contributed by atoms with Crippen LogP contribution in [0.4, 0.5) is 5.69 Å². The van der Waals surface area contributed by atoms with Crippen LogP contribution in [0.1, 0.15) is 26.8 Å². The predicted octanol–water partition coefficient (Wildman–Crippen LogP) is 4.86. The van der Waals surface area contributed by atoms with Crippen LogP contribution in [0.2, 0.25) is 5.02 Å². The smallest absolute Gasteiger partial charge is 0.335 e. The van der Waals surface area contributed by atoms with E-state index in [1.165, 1.54) is 0 Å². The molecule has 1 N–H and O–H groups in total. The van der Waals surface area contributed by atoms with E-state index in [0.717, 1.165) is 11.8 Å². The zero-order valence-corrected chi connectivity index (χ0v) is 18.2. The first-order valence-corrected chi connectivity index (χ1v) is 11.3. The van der Waals surface area contributed by atoms with E-state index >= 15 is 0 Å². The first kappa shape index (κ1) is 21.2. The zero-order valence-electron chi connectivity index (χ0n) is 16.6. The third-order valence-electron chi connectivity index (χ3n) is 4.41. The second kappa shape index (κ2) is 7.72. The third-order valence-corrected chi connectivity index (χ3v) is 5.25. The molecule has 0 fully saturated rings. The molecule has 3 aromatic rings. The fourth-order valence-corrected chi connectivity index (χ4v) is 3.96. The van der Waals surface area contributed by atoms with Gasteiger partial charge in [0.05, 0.1) is 17.5 Å². The molecule has 0 aliphatic rings. The molecule has 0 aliphatic carbocycles. The van der Waals surface area contributed by atoms with Crippen LogP contribution in [0.3, 0.4) is 0 Å². The van der Waals surface area contributed by atoms with Gasteiger partial charge in [-0.1, -0.05) is 38.4 Å². The fraction of sp³-hybridized carbons (Fsp3) is 0.286. The Bertz CT molecular complexity index is 1150. The van der Waals surface area contributed by atoms with Crippen LogP contribution in [-0.4, -0.2) is 25.2 Å². The Labute approximate surface area is 175 Å². The van der Waals surface area contributed by atoms with E-state index in [9.17, 15) is 13.2 Å². The van der Waals surface area contributed by atoms with E-state index < -0.39 is 27.4 Å². The van der Waals surface area contributed by atoms with Gasteiger partial charge in [-0.05, 0) is 47.9 Å². The van der Waals surface area contributed by atoms with Crippen LogP contribution >= 0.6 is 11.6 Å². The number of nitrogens with one attached hydrogen (secondary N) is 1. The van der Waals surface area contributed by atoms with Gasteiger partial charge in [-0.3, -0.25) is 4.72 Å². The number of carbonyl (C=O) groups is 1. The number of sulfonamides is 1. The quantitative estimate of drug-likeness (QED) is 0.459. The van der Waals surface area contributed by atoms with Gasteiger partial charge < -0.3 is 9.30 Å². The highest BCUT2D eigenvalue weighted by atomic mass is 35.5. The molecule has 3 rings (SSSR count). The minimum atomic E-state index is -3.43. The molecule has 0 saturated heterocycles. The summed E-state index contributed by atoms with van der Waals surface area (Å²) in [6.45, 7) is 5.85. The zero-order chi connectivity index (χ0) is 21.4. The Morgan fingerprint density at radius 2 is 1.76 bits per heavy atom. The first-order chi connectivity index (χ1) is 13.5. The number of aromatic nitrogens is 1. The van der Waals surface area contributed by atoms with E-state index in [1.807, 2.05) is 31.4 Å². The Morgan fingerprint density at radius 3 is 2.34 bits per heavy atom. The van der Waals surface area contributed by atoms with Gasteiger partial charge in [0.1, 0.15) is 11.8 Å². The number of hydrogen-bond donors (Lipinski definition) is 1. The predicted molar refractivity (Wildman–Crippen MR) is 116 cm³/mol. The SMILES string of the molecule is CC(C)(C)C(C(=O)Oc1ccc(Cl)cc1)n1ccc2c(NS(C)(=O)=O)cccc21. The molecular formula is C21H23ClN2O4S. The summed E-state index contributed by atoms with van der Waals surface area (Å²) in [7, 11) is -3.43. The number of nitrogens with zero attached hydrogens (tertiary/aromatic N) is 1. The molecule has 6 nitrogen and oxygen atoms in total. The highest BCUT2D eigenvalue weighted by Crippen LogP contribution is 2.36. The average Bonchev–Trinajstić information content (AvgIpc) is 2.99. The average molecular weight is 435 g/mol. The van der Waals surface area contributed by atoms with Crippen LogP contribution in [0, 0.1) is 5.41 Å². The summed E-state index contributed by atoms with van der Waals surface area (Å²) < 4.78 is 33.3. The summed E-state index contributed by atoms with van der Waals surface area (Å²) in [4.78, 5) is 13.1. The number of ether oxygens (including phenoxy) is 1. The summed E-state index contributed by atoms with van der Waals surface area (Å²) in [6, 6.07) is 13.0. The molecule has 1 heterocycles. The molecule has 0 radical (unpaired) electrons. The second-order valence-electron chi connectivity index (χ2n) is 7.98. The minimum Gasteiger partial charge on any atom is -0.425 e. The number of hydrogen-bond acceptors (Lipinski definition) is 4. The largest absolute Gasteiger partial charge is 0.425 e. The number of anilines is 1. The van der Waals surface area contributed by atoms with Gasteiger partial charge in [0.15, 0.2) is 0 Å². The standard InChI is InChI=1S/C21H23ClN2O4S/c1-21(2,3)19(20(25)28-15-10-8-14(22)9-11-15)24-13-12-16-17(23-29(4,26)27)6-5-7-18(16)24/h5-13,19,23H,1-4H3. The van der Waals surface area contributed by atoms with Crippen LogP contribution in [0.25, 0.3) is 10.9 Å². The van der Waals surface area contributed by atoms with Crippen LogP contribution in [0.5, 0.6) is 5.75 Å². The van der Waals surface area contributed by atoms with E-state index in [4.69, 9.17) is 16.3 Å². The monoisotopic (exact) mass is 434 g/mol. The van der Waals surface area contributed by atoms with Crippen molar-refractivity contribution in [1.29, 1.82) is 0 Å². The lowest BCUT2D eigenvalue weighted by molar-refractivity contribution is -0.141. The molecule has 1 unspecified atom stereocenters. The maximum atomic E-state index is 13.1. The second-order valence-corrected chi connectivity index (χ2v) is 10.2. The normalized spacial score (nSPS) is 13.3. The summed E-state index contributed by atoms with van der Waals surface area (Å²) in [5.41, 5.74) is 0.726. The fourth-order valence-electron chi connectivity index (χ4n) is 3.26. The van der Waals surface area contributed by atoms with E-state index in [1.54, 1.807) is 48.7 Å². The first-order valence-electron chi connectivity index (χ1n) is 9.00. The lowest BCUT2D eigenvalue weighted by Crippen LogP contribution is -2.34. The molecule has 0 spiro atoms. The van der Waals surface area contributed by atoms with Gasteiger partial charge in [0, 0.05) is 16.6 Å². The summed E-state index contributed by atoms with van der Waals surface area (Å²) in [5, 5.41) is 1.26. The molecule has 29 heavy (non-hydrogen) atoms. The summed E-state index contributed by atoms with van der Waals surface area (Å²) in [6.07, 6.45) is 2.88. The highest BCUT2D eigenvalue weighted by Gasteiger charge is 2.35.